The summed E-state index contributed by atoms with van der Waals surface area (Å²) >= 11 is 0. The number of allylic oxidation sites excluding steroid dienone is 1. The highest BCUT2D eigenvalue weighted by Gasteiger charge is 2.59. The molecule has 0 heterocycles. The second kappa shape index (κ2) is 11.2. The second-order valence-electron chi connectivity index (χ2n) is 13.7. The monoisotopic (exact) mass is 501 g/mol. The molecule has 5 nitrogen and oxygen atoms in total. The van der Waals surface area contributed by atoms with E-state index in [2.05, 4.69) is 40.7 Å². The Morgan fingerprint density at radius 1 is 1.06 bits per heavy atom. The van der Waals surface area contributed by atoms with Gasteiger partial charge in [-0.3, -0.25) is 14.8 Å². The zero-order valence-electron chi connectivity index (χ0n) is 23.5. The average Bonchev–Trinajstić information content (AvgIpc) is 3.19. The lowest BCUT2D eigenvalue weighted by atomic mass is 9.47. The van der Waals surface area contributed by atoms with Crippen LogP contribution in [0.1, 0.15) is 118 Å². The van der Waals surface area contributed by atoms with Gasteiger partial charge >= 0.3 is 5.97 Å². The molecule has 0 radical (unpaired) electrons. The number of hydroxylamine groups is 1. The smallest absolute Gasteiger partial charge is 0.306 e. The van der Waals surface area contributed by atoms with Crippen molar-refractivity contribution >= 4 is 11.9 Å². The Morgan fingerprint density at radius 2 is 1.83 bits per heavy atom. The van der Waals surface area contributed by atoms with Crippen LogP contribution in [0.2, 0.25) is 0 Å². The van der Waals surface area contributed by atoms with Gasteiger partial charge < -0.3 is 4.74 Å². The Kier molecular flexibility index (Phi) is 8.59. The van der Waals surface area contributed by atoms with Gasteiger partial charge in [0, 0.05) is 12.8 Å². The SMILES string of the molecule is CC(C)CCC[C@@H](C)[C@H]1CC[C@H]2[C@@H]3CC=C4C[C@@H](OC(=O)CCC(=O)NO)CC[C@]4(C)[C@H]3CC[C@]12C. The van der Waals surface area contributed by atoms with Crippen LogP contribution in [-0.4, -0.2) is 23.2 Å². The van der Waals surface area contributed by atoms with Crippen LogP contribution in [0, 0.1) is 46.3 Å². The van der Waals surface area contributed by atoms with Gasteiger partial charge in [0.2, 0.25) is 5.91 Å². The highest BCUT2D eigenvalue weighted by atomic mass is 16.5. The van der Waals surface area contributed by atoms with Crippen molar-refractivity contribution in [2.24, 2.45) is 46.3 Å². The highest BCUT2D eigenvalue weighted by molar-refractivity contribution is 5.80. The molecule has 5 heteroatoms. The predicted octanol–water partition coefficient (Wildman–Crippen LogP) is 7.23. The molecule has 0 bridgehead atoms. The Balaban J connectivity index is 1.38. The maximum Gasteiger partial charge on any atom is 0.306 e. The first-order valence-electron chi connectivity index (χ1n) is 14.9. The Bertz CT molecular complexity index is 836. The fourth-order valence-electron chi connectivity index (χ4n) is 9.27. The number of nitrogens with one attached hydrogen (secondary N) is 1. The minimum absolute atomic E-state index is 0.0151. The third-order valence-electron chi connectivity index (χ3n) is 11.2. The van der Waals surface area contributed by atoms with E-state index in [4.69, 9.17) is 9.94 Å². The lowest BCUT2D eigenvalue weighted by molar-refractivity contribution is -0.153. The van der Waals surface area contributed by atoms with E-state index in [0.29, 0.717) is 5.41 Å². The van der Waals surface area contributed by atoms with Gasteiger partial charge in [0.1, 0.15) is 6.10 Å². The predicted molar refractivity (Wildman–Crippen MR) is 142 cm³/mol. The van der Waals surface area contributed by atoms with Crippen LogP contribution >= 0.6 is 0 Å². The van der Waals surface area contributed by atoms with E-state index < -0.39 is 5.91 Å². The van der Waals surface area contributed by atoms with Gasteiger partial charge in [-0.1, -0.05) is 65.5 Å². The minimum Gasteiger partial charge on any atom is -0.462 e. The highest BCUT2D eigenvalue weighted by Crippen LogP contribution is 2.67. The zero-order valence-corrected chi connectivity index (χ0v) is 23.5. The zero-order chi connectivity index (χ0) is 26.1. The maximum absolute atomic E-state index is 12.2. The third kappa shape index (κ3) is 5.42. The largest absolute Gasteiger partial charge is 0.462 e. The molecule has 204 valence electrons. The number of rotatable bonds is 9. The summed E-state index contributed by atoms with van der Waals surface area (Å²) in [5.74, 6) is 4.08. The number of ether oxygens (including phenoxy) is 1. The van der Waals surface area contributed by atoms with Crippen molar-refractivity contribution in [1.29, 1.82) is 0 Å². The van der Waals surface area contributed by atoms with Gasteiger partial charge in [0.25, 0.3) is 0 Å². The Labute approximate surface area is 219 Å². The summed E-state index contributed by atoms with van der Waals surface area (Å²) < 4.78 is 5.75. The summed E-state index contributed by atoms with van der Waals surface area (Å²) in [5, 5.41) is 8.63. The molecule has 36 heavy (non-hydrogen) atoms. The van der Waals surface area contributed by atoms with Gasteiger partial charge in [0.15, 0.2) is 0 Å². The number of esters is 1. The normalized spacial score (nSPS) is 38.4. The Morgan fingerprint density at radius 3 is 2.56 bits per heavy atom. The molecule has 0 saturated heterocycles. The molecule has 0 aromatic rings. The van der Waals surface area contributed by atoms with Crippen LogP contribution in [0.15, 0.2) is 11.6 Å². The van der Waals surface area contributed by atoms with Gasteiger partial charge in [-0.2, -0.15) is 0 Å². The van der Waals surface area contributed by atoms with E-state index >= 15 is 0 Å². The van der Waals surface area contributed by atoms with Crippen LogP contribution in [0.25, 0.3) is 0 Å². The molecule has 0 aromatic carbocycles. The van der Waals surface area contributed by atoms with E-state index in [9.17, 15) is 9.59 Å². The fourth-order valence-corrected chi connectivity index (χ4v) is 9.27. The lowest BCUT2D eigenvalue weighted by Crippen LogP contribution is -2.51. The molecule has 3 fully saturated rings. The summed E-state index contributed by atoms with van der Waals surface area (Å²) in [6.45, 7) is 12.4. The molecule has 2 N–H and O–H groups in total. The molecule has 1 amide bonds. The van der Waals surface area contributed by atoms with Crippen molar-refractivity contribution < 1.29 is 19.5 Å². The van der Waals surface area contributed by atoms with Crippen molar-refractivity contribution in [3.8, 4) is 0 Å². The molecule has 0 spiro atoms. The number of carbonyl (C=O) groups is 2. The number of fused-ring (bicyclic) bond motifs is 5. The van der Waals surface area contributed by atoms with Crippen molar-refractivity contribution in [2.75, 3.05) is 0 Å². The second-order valence-corrected chi connectivity index (χ2v) is 13.7. The van der Waals surface area contributed by atoms with E-state index in [1.165, 1.54) is 56.9 Å². The van der Waals surface area contributed by atoms with Crippen molar-refractivity contribution in [3.05, 3.63) is 11.6 Å². The van der Waals surface area contributed by atoms with Crippen LogP contribution < -0.4 is 5.48 Å². The molecule has 0 aromatic heterocycles. The number of amides is 1. The summed E-state index contributed by atoms with van der Waals surface area (Å²) in [4.78, 5) is 23.5. The van der Waals surface area contributed by atoms with Gasteiger partial charge in [0.05, 0.1) is 6.42 Å². The summed E-state index contributed by atoms with van der Waals surface area (Å²) in [5.41, 5.74) is 3.84. The number of carbonyl (C=O) groups excluding carboxylic acids is 2. The van der Waals surface area contributed by atoms with Crippen molar-refractivity contribution in [2.45, 2.75) is 124 Å². The van der Waals surface area contributed by atoms with E-state index in [0.717, 1.165) is 54.8 Å². The molecule has 8 atom stereocenters. The molecule has 4 aliphatic rings. The van der Waals surface area contributed by atoms with E-state index in [1.54, 1.807) is 5.48 Å². The first-order valence-corrected chi connectivity index (χ1v) is 14.9. The van der Waals surface area contributed by atoms with Crippen molar-refractivity contribution in [1.82, 2.24) is 5.48 Å². The summed E-state index contributed by atoms with van der Waals surface area (Å²) in [6, 6.07) is 0. The van der Waals surface area contributed by atoms with Gasteiger partial charge in [-0.05, 0) is 91.3 Å². The third-order valence-corrected chi connectivity index (χ3v) is 11.2. The molecule has 4 rings (SSSR count). The molecular weight excluding hydrogens is 450 g/mol. The van der Waals surface area contributed by atoms with Crippen LogP contribution in [0.5, 0.6) is 0 Å². The van der Waals surface area contributed by atoms with E-state index in [1.807, 2.05) is 0 Å². The van der Waals surface area contributed by atoms with Crippen molar-refractivity contribution in [3.63, 3.8) is 0 Å². The molecule has 0 unspecified atom stereocenters. The number of hydrogen-bond acceptors (Lipinski definition) is 4. The Hall–Kier alpha value is -1.36. The fraction of sp³-hybridized carbons (Fsp3) is 0.871. The summed E-state index contributed by atoms with van der Waals surface area (Å²) in [7, 11) is 0. The molecule has 4 aliphatic carbocycles. The van der Waals surface area contributed by atoms with Crippen LogP contribution in [-0.2, 0) is 14.3 Å². The first-order chi connectivity index (χ1) is 17.1. The van der Waals surface area contributed by atoms with Crippen LogP contribution in [0.4, 0.5) is 0 Å². The maximum atomic E-state index is 12.2. The van der Waals surface area contributed by atoms with E-state index in [-0.39, 0.29) is 30.3 Å². The number of hydrogen-bond donors (Lipinski definition) is 2. The van der Waals surface area contributed by atoms with Gasteiger partial charge in [-0.25, -0.2) is 5.48 Å². The van der Waals surface area contributed by atoms with Gasteiger partial charge in [-0.15, -0.1) is 0 Å². The standard InChI is InChI=1S/C31H51NO4/c1-20(2)7-6-8-21(3)25-11-12-26-24-10-9-22-19-23(36-29(34)14-13-28(33)32-35)15-17-30(22,4)27(24)16-18-31(25,26)5/h9,20-21,23-27,35H,6-8,10-19H2,1-5H3,(H,32,33)/t21-,23+,24+,25-,26+,27+,30+,31-/m1/s1. The topological polar surface area (TPSA) is 75.6 Å². The lowest BCUT2D eigenvalue weighted by Gasteiger charge is -2.58. The molecular formula is C31H51NO4. The summed E-state index contributed by atoms with van der Waals surface area (Å²) in [6.07, 6.45) is 16.2. The molecule has 0 aliphatic heterocycles. The quantitative estimate of drug-likeness (QED) is 0.151. The average molecular weight is 502 g/mol. The minimum atomic E-state index is -0.549. The first kappa shape index (κ1) is 27.7. The van der Waals surface area contributed by atoms with Crippen LogP contribution in [0.3, 0.4) is 0 Å². The molecule has 3 saturated carbocycles.